The van der Waals surface area contributed by atoms with Crippen molar-refractivity contribution < 1.29 is 19.0 Å². The van der Waals surface area contributed by atoms with Gasteiger partial charge in [0.1, 0.15) is 6.29 Å². The SMILES string of the molecule is O=Cc1ccc([N+](=O)[O-])c(OCc2ncon2)c1. The lowest BCUT2D eigenvalue weighted by Gasteiger charge is -2.04. The molecule has 8 heteroatoms. The van der Waals surface area contributed by atoms with Crippen molar-refractivity contribution in [3.63, 3.8) is 0 Å². The fourth-order valence-electron chi connectivity index (χ4n) is 1.27. The third-order valence-corrected chi connectivity index (χ3v) is 2.08. The fraction of sp³-hybridized carbons (Fsp3) is 0.100. The van der Waals surface area contributed by atoms with Crippen molar-refractivity contribution in [2.75, 3.05) is 0 Å². The topological polar surface area (TPSA) is 108 Å². The summed E-state index contributed by atoms with van der Waals surface area (Å²) >= 11 is 0. The van der Waals surface area contributed by atoms with Gasteiger partial charge in [-0.15, -0.1) is 0 Å². The molecule has 0 fully saturated rings. The van der Waals surface area contributed by atoms with Crippen LogP contribution in [0.3, 0.4) is 0 Å². The second kappa shape index (κ2) is 5.04. The minimum absolute atomic E-state index is 0.0191. The molecular weight excluding hydrogens is 242 g/mol. The molecule has 18 heavy (non-hydrogen) atoms. The number of rotatable bonds is 5. The van der Waals surface area contributed by atoms with E-state index in [0.717, 1.165) is 6.39 Å². The number of aromatic nitrogens is 2. The Morgan fingerprint density at radius 2 is 2.33 bits per heavy atom. The van der Waals surface area contributed by atoms with Crippen molar-refractivity contribution in [1.82, 2.24) is 10.1 Å². The number of hydrogen-bond donors (Lipinski definition) is 0. The van der Waals surface area contributed by atoms with E-state index in [1.807, 2.05) is 0 Å². The third kappa shape index (κ3) is 2.48. The van der Waals surface area contributed by atoms with Crippen LogP contribution >= 0.6 is 0 Å². The monoisotopic (exact) mass is 249 g/mol. The standard InChI is InChI=1S/C10H7N3O5/c14-4-7-1-2-8(13(15)16)9(3-7)17-5-10-11-6-18-12-10/h1-4,6H,5H2. The Balaban J connectivity index is 2.23. The summed E-state index contributed by atoms with van der Waals surface area (Å²) in [6.07, 6.45) is 1.69. The van der Waals surface area contributed by atoms with E-state index >= 15 is 0 Å². The minimum Gasteiger partial charge on any atom is -0.478 e. The van der Waals surface area contributed by atoms with Crippen LogP contribution in [0, 0.1) is 10.1 Å². The van der Waals surface area contributed by atoms with Crippen LogP contribution in [0.25, 0.3) is 0 Å². The number of ether oxygens (including phenoxy) is 1. The molecule has 92 valence electrons. The van der Waals surface area contributed by atoms with Crippen LogP contribution in [0.5, 0.6) is 5.75 Å². The van der Waals surface area contributed by atoms with E-state index in [2.05, 4.69) is 14.7 Å². The lowest BCUT2D eigenvalue weighted by molar-refractivity contribution is -0.386. The Hall–Kier alpha value is -2.77. The predicted molar refractivity (Wildman–Crippen MR) is 57.1 cm³/mol. The average Bonchev–Trinajstić information content (AvgIpc) is 2.88. The van der Waals surface area contributed by atoms with E-state index < -0.39 is 4.92 Å². The normalized spacial score (nSPS) is 10.0. The quantitative estimate of drug-likeness (QED) is 0.447. The van der Waals surface area contributed by atoms with E-state index in [0.29, 0.717) is 6.29 Å². The molecule has 0 saturated heterocycles. The van der Waals surface area contributed by atoms with Crippen LogP contribution in [-0.2, 0) is 6.61 Å². The molecule has 0 saturated carbocycles. The minimum atomic E-state index is -0.597. The Kier molecular flexibility index (Phi) is 3.28. The number of nitro groups is 1. The Labute approximate surface area is 100 Å². The van der Waals surface area contributed by atoms with Crippen molar-refractivity contribution in [2.45, 2.75) is 6.61 Å². The number of hydrogen-bond acceptors (Lipinski definition) is 7. The van der Waals surface area contributed by atoms with Gasteiger partial charge in [-0.05, 0) is 12.1 Å². The molecule has 1 aromatic carbocycles. The van der Waals surface area contributed by atoms with Crippen LogP contribution in [0.1, 0.15) is 16.2 Å². The Morgan fingerprint density at radius 1 is 1.50 bits per heavy atom. The number of nitrogens with zero attached hydrogens (tertiary/aromatic N) is 3. The molecule has 0 aliphatic rings. The zero-order chi connectivity index (χ0) is 13.0. The molecule has 0 N–H and O–H groups in total. The number of benzene rings is 1. The fourth-order valence-corrected chi connectivity index (χ4v) is 1.27. The van der Waals surface area contributed by atoms with Gasteiger partial charge in [0.25, 0.3) is 0 Å². The molecule has 1 aromatic heterocycles. The first-order valence-corrected chi connectivity index (χ1v) is 4.82. The van der Waals surface area contributed by atoms with Crippen LogP contribution in [0.4, 0.5) is 5.69 Å². The molecule has 8 nitrogen and oxygen atoms in total. The molecular formula is C10H7N3O5. The lowest BCUT2D eigenvalue weighted by Crippen LogP contribution is -2.01. The highest BCUT2D eigenvalue weighted by molar-refractivity contribution is 5.76. The maximum Gasteiger partial charge on any atom is 0.310 e. The van der Waals surface area contributed by atoms with E-state index in [1.165, 1.54) is 18.2 Å². The highest BCUT2D eigenvalue weighted by Gasteiger charge is 2.16. The largest absolute Gasteiger partial charge is 0.478 e. The molecule has 0 atom stereocenters. The second-order valence-corrected chi connectivity index (χ2v) is 3.24. The summed E-state index contributed by atoms with van der Waals surface area (Å²) in [4.78, 5) is 24.5. The molecule has 0 bridgehead atoms. The van der Waals surface area contributed by atoms with E-state index in [4.69, 9.17) is 4.74 Å². The zero-order valence-electron chi connectivity index (χ0n) is 8.98. The Morgan fingerprint density at radius 3 is 2.94 bits per heavy atom. The van der Waals surface area contributed by atoms with E-state index in [1.54, 1.807) is 0 Å². The Bertz CT molecular complexity index is 567. The first-order valence-electron chi connectivity index (χ1n) is 4.82. The maximum absolute atomic E-state index is 10.8. The second-order valence-electron chi connectivity index (χ2n) is 3.24. The molecule has 1 heterocycles. The maximum atomic E-state index is 10.8. The highest BCUT2D eigenvalue weighted by Crippen LogP contribution is 2.27. The summed E-state index contributed by atoms with van der Waals surface area (Å²) in [5, 5.41) is 14.3. The number of nitro benzene ring substituents is 1. The summed E-state index contributed by atoms with van der Waals surface area (Å²) in [6, 6.07) is 3.83. The molecule has 0 aliphatic heterocycles. The van der Waals surface area contributed by atoms with Gasteiger partial charge in [0, 0.05) is 11.6 Å². The first-order chi connectivity index (χ1) is 8.70. The lowest BCUT2D eigenvalue weighted by atomic mass is 10.2. The van der Waals surface area contributed by atoms with E-state index in [9.17, 15) is 14.9 Å². The van der Waals surface area contributed by atoms with Crippen LogP contribution < -0.4 is 4.74 Å². The number of aldehydes is 1. The average molecular weight is 249 g/mol. The molecule has 0 aliphatic carbocycles. The van der Waals surface area contributed by atoms with Gasteiger partial charge in [-0.25, -0.2) is 0 Å². The number of carbonyl (C=O) groups is 1. The van der Waals surface area contributed by atoms with Gasteiger partial charge in [-0.3, -0.25) is 14.9 Å². The smallest absolute Gasteiger partial charge is 0.310 e. The van der Waals surface area contributed by atoms with Crippen molar-refractivity contribution in [3.8, 4) is 5.75 Å². The van der Waals surface area contributed by atoms with Gasteiger partial charge in [0.15, 0.2) is 12.4 Å². The van der Waals surface area contributed by atoms with Crippen molar-refractivity contribution in [3.05, 3.63) is 46.1 Å². The summed E-state index contributed by atoms with van der Waals surface area (Å²) in [5.41, 5.74) is 0.0489. The predicted octanol–water partition coefficient (Wildman–Crippen LogP) is 1.37. The van der Waals surface area contributed by atoms with E-state index in [-0.39, 0.29) is 29.4 Å². The molecule has 0 unspecified atom stereocenters. The van der Waals surface area contributed by atoms with Gasteiger partial charge in [-0.2, -0.15) is 4.98 Å². The third-order valence-electron chi connectivity index (χ3n) is 2.08. The molecule has 2 aromatic rings. The van der Waals surface area contributed by atoms with Gasteiger partial charge < -0.3 is 9.26 Å². The van der Waals surface area contributed by atoms with Crippen molar-refractivity contribution >= 4 is 12.0 Å². The molecule has 0 radical (unpaired) electrons. The van der Waals surface area contributed by atoms with Crippen molar-refractivity contribution in [1.29, 1.82) is 0 Å². The summed E-state index contributed by atoms with van der Waals surface area (Å²) in [6.45, 7) is -0.0837. The zero-order valence-corrected chi connectivity index (χ0v) is 8.98. The first kappa shape index (κ1) is 11.7. The summed E-state index contributed by atoms with van der Waals surface area (Å²) < 4.78 is 9.69. The van der Waals surface area contributed by atoms with Crippen LogP contribution in [0.15, 0.2) is 29.1 Å². The van der Waals surface area contributed by atoms with Gasteiger partial charge in [-0.1, -0.05) is 5.16 Å². The molecule has 2 rings (SSSR count). The van der Waals surface area contributed by atoms with Crippen LogP contribution in [-0.4, -0.2) is 21.4 Å². The van der Waals surface area contributed by atoms with Gasteiger partial charge in [0.2, 0.25) is 12.2 Å². The van der Waals surface area contributed by atoms with Crippen molar-refractivity contribution in [2.24, 2.45) is 0 Å². The van der Waals surface area contributed by atoms with Crippen LogP contribution in [0.2, 0.25) is 0 Å². The molecule has 0 amide bonds. The summed E-state index contributed by atoms with van der Waals surface area (Å²) in [7, 11) is 0. The van der Waals surface area contributed by atoms with Gasteiger partial charge in [0.05, 0.1) is 4.92 Å². The summed E-state index contributed by atoms with van der Waals surface area (Å²) in [5.74, 6) is 0.232. The van der Waals surface area contributed by atoms with Gasteiger partial charge >= 0.3 is 5.69 Å². The molecule has 0 spiro atoms. The highest BCUT2D eigenvalue weighted by atomic mass is 16.6. The number of carbonyl (C=O) groups excluding carboxylic acids is 1.